The van der Waals surface area contributed by atoms with Gasteiger partial charge in [0.2, 0.25) is 0 Å². The molecule has 2 heterocycles. The maximum Gasteiger partial charge on any atom is 0.311 e. The van der Waals surface area contributed by atoms with E-state index in [1.165, 1.54) is 0 Å². The molecule has 0 saturated carbocycles. The predicted molar refractivity (Wildman–Crippen MR) is 141 cm³/mol. The number of amides is 1. The zero-order valence-electron chi connectivity index (χ0n) is 19.3. The fraction of sp³-hybridized carbons (Fsp3) is 0.107. The highest BCUT2D eigenvalue weighted by molar-refractivity contribution is 6.32. The van der Waals surface area contributed by atoms with Crippen molar-refractivity contribution in [2.75, 3.05) is 11.9 Å². The minimum absolute atomic E-state index is 0.268. The van der Waals surface area contributed by atoms with Crippen LogP contribution in [0.25, 0.3) is 11.1 Å². The Balaban J connectivity index is 1.25. The number of pyridine rings is 1. The lowest BCUT2D eigenvalue weighted by molar-refractivity contribution is -0.139. The molecule has 4 aromatic rings. The van der Waals surface area contributed by atoms with Crippen LogP contribution in [-0.4, -0.2) is 28.6 Å². The SMILES string of the molecule is O=C(Nc1ccc(-c2cccc(Cl)c2)cn1)c1ccc(Oc2cc3c(cc2Cl)C(C(=O)O)CCO3)cc1. The van der Waals surface area contributed by atoms with E-state index in [4.69, 9.17) is 32.7 Å². The Morgan fingerprint density at radius 2 is 1.81 bits per heavy atom. The fourth-order valence-electron chi connectivity index (χ4n) is 4.02. The van der Waals surface area contributed by atoms with Crippen molar-refractivity contribution in [2.24, 2.45) is 0 Å². The second kappa shape index (κ2) is 10.5. The Morgan fingerprint density at radius 3 is 2.51 bits per heavy atom. The molecule has 0 fully saturated rings. The van der Waals surface area contributed by atoms with Gasteiger partial charge in [-0.15, -0.1) is 0 Å². The number of fused-ring (bicyclic) bond motifs is 1. The number of carboxylic acids is 1. The standard InChI is InChI=1S/C28H20Cl2N2O5/c29-19-3-1-2-17(12-19)18-6-9-26(31-15-18)32-27(33)16-4-7-20(8-5-16)37-25-14-24-22(13-23(25)30)21(28(34)35)10-11-36-24/h1-9,12-15,21H,10-11H2,(H,34,35)(H,31,32,33). The Kier molecular flexibility index (Phi) is 6.99. The first-order valence-corrected chi connectivity index (χ1v) is 12.1. The molecule has 1 atom stereocenters. The van der Waals surface area contributed by atoms with Gasteiger partial charge in [0.1, 0.15) is 23.1 Å². The van der Waals surface area contributed by atoms with Crippen LogP contribution in [0.2, 0.25) is 10.0 Å². The maximum absolute atomic E-state index is 12.7. The summed E-state index contributed by atoms with van der Waals surface area (Å²) in [5, 5.41) is 13.1. The van der Waals surface area contributed by atoms with E-state index in [1.807, 2.05) is 24.3 Å². The average molecular weight is 535 g/mol. The van der Waals surface area contributed by atoms with Crippen LogP contribution in [-0.2, 0) is 4.79 Å². The summed E-state index contributed by atoms with van der Waals surface area (Å²) in [6.07, 6.45) is 2.05. The van der Waals surface area contributed by atoms with Gasteiger partial charge in [0, 0.05) is 34.0 Å². The Bertz CT molecular complexity index is 1470. The molecular formula is C28H20Cl2N2O5. The van der Waals surface area contributed by atoms with Crippen molar-refractivity contribution in [2.45, 2.75) is 12.3 Å². The summed E-state index contributed by atoms with van der Waals surface area (Å²) in [5.41, 5.74) is 2.75. The third-order valence-electron chi connectivity index (χ3n) is 5.91. The number of hydrogen-bond acceptors (Lipinski definition) is 5. The highest BCUT2D eigenvalue weighted by Gasteiger charge is 2.29. The van der Waals surface area contributed by atoms with Crippen LogP contribution in [0.5, 0.6) is 17.2 Å². The number of nitrogens with zero attached hydrogens (tertiary/aromatic N) is 1. The summed E-state index contributed by atoms with van der Waals surface area (Å²) >= 11 is 12.4. The predicted octanol–water partition coefficient (Wildman–Crippen LogP) is 7.05. The number of aromatic nitrogens is 1. The quantitative estimate of drug-likeness (QED) is 0.275. The first-order chi connectivity index (χ1) is 17.9. The fourth-order valence-corrected chi connectivity index (χ4v) is 4.42. The largest absolute Gasteiger partial charge is 0.493 e. The number of nitrogens with one attached hydrogen (secondary N) is 1. The van der Waals surface area contributed by atoms with Gasteiger partial charge in [0.25, 0.3) is 5.91 Å². The summed E-state index contributed by atoms with van der Waals surface area (Å²) in [6.45, 7) is 0.299. The third kappa shape index (κ3) is 5.53. The molecule has 0 spiro atoms. The highest BCUT2D eigenvalue weighted by Crippen LogP contribution is 2.41. The number of hydrogen-bond donors (Lipinski definition) is 2. The lowest BCUT2D eigenvalue weighted by Gasteiger charge is -2.24. The Hall–Kier alpha value is -4.07. The average Bonchev–Trinajstić information content (AvgIpc) is 2.89. The molecule has 7 nitrogen and oxygen atoms in total. The Morgan fingerprint density at radius 1 is 1.00 bits per heavy atom. The number of ether oxygens (including phenoxy) is 2. The summed E-state index contributed by atoms with van der Waals surface area (Å²) in [4.78, 5) is 28.5. The van der Waals surface area contributed by atoms with E-state index in [0.29, 0.717) is 52.2 Å². The van der Waals surface area contributed by atoms with Crippen molar-refractivity contribution >= 4 is 40.9 Å². The van der Waals surface area contributed by atoms with Crippen LogP contribution in [0.15, 0.2) is 79.0 Å². The topological polar surface area (TPSA) is 97.8 Å². The molecule has 0 radical (unpaired) electrons. The van der Waals surface area contributed by atoms with Crippen molar-refractivity contribution in [3.63, 3.8) is 0 Å². The van der Waals surface area contributed by atoms with Crippen LogP contribution in [0.4, 0.5) is 5.82 Å². The van der Waals surface area contributed by atoms with Gasteiger partial charge in [0.15, 0.2) is 0 Å². The molecular weight excluding hydrogens is 515 g/mol. The van der Waals surface area contributed by atoms with Crippen LogP contribution in [0.1, 0.15) is 28.3 Å². The molecule has 186 valence electrons. The van der Waals surface area contributed by atoms with Crippen LogP contribution in [0.3, 0.4) is 0 Å². The highest BCUT2D eigenvalue weighted by atomic mass is 35.5. The number of carbonyl (C=O) groups excluding carboxylic acids is 1. The van der Waals surface area contributed by atoms with Gasteiger partial charge >= 0.3 is 5.97 Å². The van der Waals surface area contributed by atoms with Gasteiger partial charge in [-0.25, -0.2) is 4.98 Å². The molecule has 0 saturated heterocycles. The molecule has 1 aliphatic heterocycles. The van der Waals surface area contributed by atoms with E-state index in [2.05, 4.69) is 10.3 Å². The number of halogens is 2. The third-order valence-corrected chi connectivity index (χ3v) is 6.44. The molecule has 5 rings (SSSR count). The van der Waals surface area contributed by atoms with Gasteiger partial charge in [-0.3, -0.25) is 9.59 Å². The molecule has 0 bridgehead atoms. The van der Waals surface area contributed by atoms with Gasteiger partial charge < -0.3 is 19.9 Å². The number of rotatable bonds is 6. The van der Waals surface area contributed by atoms with Gasteiger partial charge in [-0.2, -0.15) is 0 Å². The molecule has 3 aromatic carbocycles. The van der Waals surface area contributed by atoms with E-state index in [0.717, 1.165) is 11.1 Å². The molecule has 0 aliphatic carbocycles. The van der Waals surface area contributed by atoms with E-state index in [-0.39, 0.29) is 10.9 Å². The summed E-state index contributed by atoms with van der Waals surface area (Å²) in [6, 6.07) is 20.7. The number of carbonyl (C=O) groups is 2. The van der Waals surface area contributed by atoms with Crippen LogP contribution >= 0.6 is 23.2 Å². The smallest absolute Gasteiger partial charge is 0.311 e. The number of anilines is 1. The van der Waals surface area contributed by atoms with Gasteiger partial charge in [-0.05, 0) is 66.6 Å². The molecule has 2 N–H and O–H groups in total. The zero-order chi connectivity index (χ0) is 25.9. The van der Waals surface area contributed by atoms with E-state index in [9.17, 15) is 14.7 Å². The summed E-state index contributed by atoms with van der Waals surface area (Å²) in [5.74, 6) is -0.291. The summed E-state index contributed by atoms with van der Waals surface area (Å²) in [7, 11) is 0. The van der Waals surface area contributed by atoms with Crippen LogP contribution < -0.4 is 14.8 Å². The Labute approximate surface area is 222 Å². The second-order valence-electron chi connectivity index (χ2n) is 8.37. The summed E-state index contributed by atoms with van der Waals surface area (Å²) < 4.78 is 11.5. The molecule has 1 unspecified atom stereocenters. The number of carboxylic acid groups (broad SMARTS) is 1. The van der Waals surface area contributed by atoms with Crippen molar-refractivity contribution in [1.29, 1.82) is 0 Å². The lowest BCUT2D eigenvalue weighted by atomic mass is 9.93. The first kappa shape index (κ1) is 24.6. The zero-order valence-corrected chi connectivity index (χ0v) is 20.8. The van der Waals surface area contributed by atoms with E-state index < -0.39 is 11.9 Å². The lowest BCUT2D eigenvalue weighted by Crippen LogP contribution is -2.20. The molecule has 1 aromatic heterocycles. The van der Waals surface area contributed by atoms with Gasteiger partial charge in [0.05, 0.1) is 17.5 Å². The van der Waals surface area contributed by atoms with Gasteiger partial charge in [-0.1, -0.05) is 35.3 Å². The molecule has 1 aliphatic rings. The van der Waals surface area contributed by atoms with Crippen molar-refractivity contribution in [3.05, 3.63) is 100 Å². The normalized spacial score (nSPS) is 14.3. The second-order valence-corrected chi connectivity index (χ2v) is 9.22. The minimum Gasteiger partial charge on any atom is -0.493 e. The first-order valence-electron chi connectivity index (χ1n) is 11.4. The molecule has 1 amide bonds. The number of benzene rings is 3. The maximum atomic E-state index is 12.7. The monoisotopic (exact) mass is 534 g/mol. The van der Waals surface area contributed by atoms with E-state index in [1.54, 1.807) is 54.7 Å². The van der Waals surface area contributed by atoms with E-state index >= 15 is 0 Å². The van der Waals surface area contributed by atoms with Crippen molar-refractivity contribution in [3.8, 4) is 28.4 Å². The molecule has 37 heavy (non-hydrogen) atoms. The number of aliphatic carboxylic acids is 1. The van der Waals surface area contributed by atoms with Crippen LogP contribution in [0, 0.1) is 0 Å². The van der Waals surface area contributed by atoms with Crippen molar-refractivity contribution in [1.82, 2.24) is 4.98 Å². The molecule has 9 heteroatoms. The van der Waals surface area contributed by atoms with Crippen molar-refractivity contribution < 1.29 is 24.2 Å². The minimum atomic E-state index is -0.921.